The van der Waals surface area contributed by atoms with Crippen LogP contribution in [0.15, 0.2) is 24.3 Å². The lowest BCUT2D eigenvalue weighted by atomic mass is 10.1. The molecule has 1 aromatic rings. The van der Waals surface area contributed by atoms with Gasteiger partial charge in [0.05, 0.1) is 5.25 Å². The molecule has 0 bridgehead atoms. The molecular weight excluding hydrogens is 284 g/mol. The number of benzene rings is 1. The highest BCUT2D eigenvalue weighted by molar-refractivity contribution is 7.93. The van der Waals surface area contributed by atoms with Crippen molar-refractivity contribution in [3.63, 3.8) is 0 Å². The van der Waals surface area contributed by atoms with Crippen LogP contribution in [0.1, 0.15) is 32.3 Å². The Balaban J connectivity index is 1.93. The average molecular weight is 310 g/mol. The van der Waals surface area contributed by atoms with Crippen molar-refractivity contribution in [3.8, 4) is 0 Å². The molecule has 1 N–H and O–H groups in total. The van der Waals surface area contributed by atoms with Crippen LogP contribution in [0.2, 0.25) is 0 Å². The summed E-state index contributed by atoms with van der Waals surface area (Å²) in [6, 6.07) is 7.48. The maximum Gasteiger partial charge on any atom is 0.235 e. The largest absolute Gasteiger partial charge is 0.303 e. The van der Waals surface area contributed by atoms with Crippen molar-refractivity contribution in [3.05, 3.63) is 29.8 Å². The van der Waals surface area contributed by atoms with Gasteiger partial charge in [-0.15, -0.1) is 0 Å². The highest BCUT2D eigenvalue weighted by Gasteiger charge is 2.30. The van der Waals surface area contributed by atoms with Crippen molar-refractivity contribution in [1.82, 2.24) is 4.90 Å². The Hall–Kier alpha value is -1.07. The number of aryl methyl sites for hydroxylation is 1. The number of sulfonamides is 1. The Kier molecular flexibility index (Phi) is 5.27. The molecule has 21 heavy (non-hydrogen) atoms. The minimum Gasteiger partial charge on any atom is -0.303 e. The van der Waals surface area contributed by atoms with E-state index in [2.05, 4.69) is 23.5 Å². The second kappa shape index (κ2) is 6.79. The summed E-state index contributed by atoms with van der Waals surface area (Å²) < 4.78 is 27.6. The first-order valence-electron chi connectivity index (χ1n) is 7.67. The molecule has 0 spiro atoms. The van der Waals surface area contributed by atoms with Gasteiger partial charge in [-0.05, 0) is 50.9 Å². The van der Waals surface area contributed by atoms with Gasteiger partial charge in [0, 0.05) is 12.2 Å². The first-order chi connectivity index (χ1) is 9.87. The number of piperidine rings is 1. The molecule has 4 nitrogen and oxygen atoms in total. The molecule has 2 rings (SSSR count). The lowest BCUT2D eigenvalue weighted by Crippen LogP contribution is -2.42. The van der Waals surface area contributed by atoms with Gasteiger partial charge in [0.25, 0.3) is 0 Å². The van der Waals surface area contributed by atoms with Gasteiger partial charge < -0.3 is 4.90 Å². The van der Waals surface area contributed by atoms with E-state index in [9.17, 15) is 8.42 Å². The second-order valence-corrected chi connectivity index (χ2v) is 8.37. The van der Waals surface area contributed by atoms with Gasteiger partial charge in [0.15, 0.2) is 0 Å². The summed E-state index contributed by atoms with van der Waals surface area (Å²) in [6.45, 7) is 9.18. The molecule has 0 radical (unpaired) electrons. The number of rotatable bonds is 5. The maximum absolute atomic E-state index is 12.4. The Morgan fingerprint density at radius 2 is 1.76 bits per heavy atom. The number of likely N-dealkylation sites (tertiary alicyclic amines) is 1. The average Bonchev–Trinajstić information content (AvgIpc) is 2.41. The van der Waals surface area contributed by atoms with Crippen molar-refractivity contribution in [1.29, 1.82) is 0 Å². The van der Waals surface area contributed by atoms with E-state index in [4.69, 9.17) is 0 Å². The van der Waals surface area contributed by atoms with E-state index in [1.165, 1.54) is 0 Å². The summed E-state index contributed by atoms with van der Waals surface area (Å²) >= 11 is 0. The van der Waals surface area contributed by atoms with E-state index in [1.54, 1.807) is 0 Å². The topological polar surface area (TPSA) is 49.4 Å². The Labute approximate surface area is 128 Å². The minimum atomic E-state index is -3.28. The summed E-state index contributed by atoms with van der Waals surface area (Å²) in [5.41, 5.74) is 1.78. The Bertz CT molecular complexity index is 544. The smallest absolute Gasteiger partial charge is 0.235 e. The summed E-state index contributed by atoms with van der Waals surface area (Å²) in [6.07, 6.45) is 1.43. The van der Waals surface area contributed by atoms with Crippen molar-refractivity contribution >= 4 is 15.7 Å². The number of hydrogen-bond acceptors (Lipinski definition) is 3. The zero-order valence-corrected chi connectivity index (χ0v) is 14.0. The van der Waals surface area contributed by atoms with Crippen LogP contribution in [0.5, 0.6) is 0 Å². The van der Waals surface area contributed by atoms with Crippen molar-refractivity contribution in [2.45, 2.75) is 38.9 Å². The SMILES string of the molecule is Cc1ccc(NS(=O)(=O)C2CCN(CC(C)C)CC2)cc1. The molecule has 1 saturated heterocycles. The molecule has 0 aromatic heterocycles. The van der Waals surface area contributed by atoms with Gasteiger partial charge in [-0.2, -0.15) is 0 Å². The lowest BCUT2D eigenvalue weighted by Gasteiger charge is -2.32. The van der Waals surface area contributed by atoms with Crippen LogP contribution >= 0.6 is 0 Å². The van der Waals surface area contributed by atoms with Crippen LogP contribution in [0.4, 0.5) is 5.69 Å². The molecule has 0 saturated carbocycles. The first kappa shape index (κ1) is 16.3. The van der Waals surface area contributed by atoms with Gasteiger partial charge in [0.2, 0.25) is 10.0 Å². The summed E-state index contributed by atoms with van der Waals surface area (Å²) in [7, 11) is -3.28. The summed E-state index contributed by atoms with van der Waals surface area (Å²) in [5.74, 6) is 0.629. The second-order valence-electron chi connectivity index (χ2n) is 6.41. The van der Waals surface area contributed by atoms with Gasteiger partial charge in [-0.1, -0.05) is 31.5 Å². The Morgan fingerprint density at radius 3 is 2.29 bits per heavy atom. The third kappa shape index (κ3) is 4.71. The number of nitrogens with one attached hydrogen (secondary N) is 1. The van der Waals surface area contributed by atoms with Crippen LogP contribution in [0, 0.1) is 12.8 Å². The van der Waals surface area contributed by atoms with Gasteiger partial charge in [-0.25, -0.2) is 8.42 Å². The van der Waals surface area contributed by atoms with Gasteiger partial charge in [0.1, 0.15) is 0 Å². The van der Waals surface area contributed by atoms with Crippen LogP contribution in [-0.4, -0.2) is 38.2 Å². The van der Waals surface area contributed by atoms with E-state index >= 15 is 0 Å². The standard InChI is InChI=1S/C16H26N2O2S/c1-13(2)12-18-10-8-16(9-11-18)21(19,20)17-15-6-4-14(3)5-7-15/h4-7,13,16-17H,8-12H2,1-3H3. The summed E-state index contributed by atoms with van der Waals surface area (Å²) in [5, 5.41) is -0.276. The fourth-order valence-electron chi connectivity index (χ4n) is 2.79. The fraction of sp³-hybridized carbons (Fsp3) is 0.625. The van der Waals surface area contributed by atoms with Crippen molar-refractivity contribution < 1.29 is 8.42 Å². The van der Waals surface area contributed by atoms with Gasteiger partial charge in [-0.3, -0.25) is 4.72 Å². The highest BCUT2D eigenvalue weighted by atomic mass is 32.2. The van der Waals surface area contributed by atoms with Crippen LogP contribution in [0.25, 0.3) is 0 Å². The van der Waals surface area contributed by atoms with Crippen LogP contribution < -0.4 is 4.72 Å². The maximum atomic E-state index is 12.4. The van der Waals surface area contributed by atoms with Crippen molar-refractivity contribution in [2.24, 2.45) is 5.92 Å². The quantitative estimate of drug-likeness (QED) is 0.910. The predicted molar refractivity (Wildman–Crippen MR) is 88.0 cm³/mol. The van der Waals surface area contributed by atoms with E-state index < -0.39 is 10.0 Å². The monoisotopic (exact) mass is 310 g/mol. The molecular formula is C16H26N2O2S. The zero-order valence-electron chi connectivity index (χ0n) is 13.2. The summed E-state index contributed by atoms with van der Waals surface area (Å²) in [4.78, 5) is 2.36. The normalized spacial score (nSPS) is 18.1. The molecule has 1 aliphatic heterocycles. The molecule has 1 heterocycles. The molecule has 1 aromatic carbocycles. The first-order valence-corrected chi connectivity index (χ1v) is 9.22. The fourth-order valence-corrected chi connectivity index (χ4v) is 4.25. The molecule has 0 unspecified atom stereocenters. The minimum absolute atomic E-state index is 0.276. The molecule has 0 aliphatic carbocycles. The number of hydrogen-bond donors (Lipinski definition) is 1. The van der Waals surface area contributed by atoms with Gasteiger partial charge >= 0.3 is 0 Å². The predicted octanol–water partition coefficient (Wildman–Crippen LogP) is 2.86. The zero-order chi connectivity index (χ0) is 15.5. The molecule has 0 amide bonds. The molecule has 5 heteroatoms. The van der Waals surface area contributed by atoms with E-state index in [0.29, 0.717) is 24.4 Å². The number of nitrogens with zero attached hydrogens (tertiary/aromatic N) is 1. The molecule has 1 fully saturated rings. The molecule has 118 valence electrons. The van der Waals surface area contributed by atoms with E-state index in [1.807, 2.05) is 31.2 Å². The van der Waals surface area contributed by atoms with Crippen LogP contribution in [0.3, 0.4) is 0 Å². The molecule has 0 atom stereocenters. The number of anilines is 1. The lowest BCUT2D eigenvalue weighted by molar-refractivity contribution is 0.207. The van der Waals surface area contributed by atoms with E-state index in [-0.39, 0.29) is 5.25 Å². The van der Waals surface area contributed by atoms with Crippen molar-refractivity contribution in [2.75, 3.05) is 24.4 Å². The van der Waals surface area contributed by atoms with E-state index in [0.717, 1.165) is 25.2 Å². The molecule has 1 aliphatic rings. The van der Waals surface area contributed by atoms with Crippen LogP contribution in [-0.2, 0) is 10.0 Å². The highest BCUT2D eigenvalue weighted by Crippen LogP contribution is 2.21. The third-order valence-electron chi connectivity index (χ3n) is 3.91. The Morgan fingerprint density at radius 1 is 1.19 bits per heavy atom. The third-order valence-corrected chi connectivity index (χ3v) is 5.78.